The zero-order valence-electron chi connectivity index (χ0n) is 11.4. The van der Waals surface area contributed by atoms with Crippen LogP contribution >= 0.6 is 0 Å². The number of rotatable bonds is 5. The molecule has 4 N–H and O–H groups in total. The Balaban J connectivity index is 1.99. The Morgan fingerprint density at radius 1 is 1.25 bits per heavy atom. The minimum atomic E-state index is 0.124. The van der Waals surface area contributed by atoms with Gasteiger partial charge in [-0.25, -0.2) is 0 Å². The Bertz CT molecular complexity index is 593. The lowest BCUT2D eigenvalue weighted by Crippen LogP contribution is -2.19. The summed E-state index contributed by atoms with van der Waals surface area (Å²) in [6, 6.07) is 11.6. The molecule has 0 saturated carbocycles. The number of benzene rings is 1. The SMILES string of the molecule is Cc1ccc(CNCc2ccccc2C(N)=NO)cn1. The van der Waals surface area contributed by atoms with Crippen LogP contribution in [0.5, 0.6) is 0 Å². The van der Waals surface area contributed by atoms with E-state index in [1.54, 1.807) is 0 Å². The van der Waals surface area contributed by atoms with E-state index in [9.17, 15) is 0 Å². The average Bonchev–Trinajstić information content (AvgIpc) is 2.49. The molecule has 0 amide bonds. The molecule has 2 rings (SSSR count). The lowest BCUT2D eigenvalue weighted by atomic mass is 10.1. The highest BCUT2D eigenvalue weighted by atomic mass is 16.4. The molecule has 0 aliphatic carbocycles. The number of nitrogens with zero attached hydrogens (tertiary/aromatic N) is 2. The maximum atomic E-state index is 8.78. The molecule has 0 bridgehead atoms. The molecule has 1 aromatic carbocycles. The number of hydrogen-bond donors (Lipinski definition) is 3. The van der Waals surface area contributed by atoms with Crippen LogP contribution in [0.3, 0.4) is 0 Å². The quantitative estimate of drug-likeness (QED) is 0.335. The molecule has 0 spiro atoms. The monoisotopic (exact) mass is 270 g/mol. The third-order valence-electron chi connectivity index (χ3n) is 3.02. The highest BCUT2D eigenvalue weighted by Crippen LogP contribution is 2.08. The van der Waals surface area contributed by atoms with Gasteiger partial charge in [0, 0.05) is 30.5 Å². The number of nitrogens with one attached hydrogen (secondary N) is 1. The molecule has 5 nitrogen and oxygen atoms in total. The summed E-state index contributed by atoms with van der Waals surface area (Å²) in [6.07, 6.45) is 1.86. The van der Waals surface area contributed by atoms with Crippen LogP contribution in [0, 0.1) is 6.92 Å². The minimum Gasteiger partial charge on any atom is -0.409 e. The van der Waals surface area contributed by atoms with Gasteiger partial charge < -0.3 is 16.3 Å². The molecule has 2 aromatic rings. The first-order valence-corrected chi connectivity index (χ1v) is 6.39. The Labute approximate surface area is 118 Å². The van der Waals surface area contributed by atoms with E-state index in [0.29, 0.717) is 6.54 Å². The van der Waals surface area contributed by atoms with Crippen molar-refractivity contribution in [3.05, 3.63) is 65.0 Å². The number of aromatic nitrogens is 1. The van der Waals surface area contributed by atoms with E-state index in [2.05, 4.69) is 15.5 Å². The van der Waals surface area contributed by atoms with Crippen molar-refractivity contribution >= 4 is 5.84 Å². The van der Waals surface area contributed by atoms with E-state index in [0.717, 1.165) is 28.9 Å². The van der Waals surface area contributed by atoms with Gasteiger partial charge in [-0.05, 0) is 24.1 Å². The van der Waals surface area contributed by atoms with Crippen molar-refractivity contribution in [2.75, 3.05) is 0 Å². The fourth-order valence-corrected chi connectivity index (χ4v) is 1.92. The van der Waals surface area contributed by atoms with Crippen LogP contribution in [-0.2, 0) is 13.1 Å². The molecular formula is C15H18N4O. The van der Waals surface area contributed by atoms with Gasteiger partial charge in [-0.1, -0.05) is 35.5 Å². The highest BCUT2D eigenvalue weighted by Gasteiger charge is 2.05. The van der Waals surface area contributed by atoms with Crippen LogP contribution in [0.1, 0.15) is 22.4 Å². The molecule has 0 unspecified atom stereocenters. The largest absolute Gasteiger partial charge is 0.409 e. The predicted octanol–water partition coefficient (Wildman–Crippen LogP) is 1.77. The van der Waals surface area contributed by atoms with E-state index >= 15 is 0 Å². The van der Waals surface area contributed by atoms with Gasteiger partial charge in [0.15, 0.2) is 5.84 Å². The second kappa shape index (κ2) is 6.68. The lowest BCUT2D eigenvalue weighted by Gasteiger charge is -2.09. The van der Waals surface area contributed by atoms with Gasteiger partial charge in [-0.3, -0.25) is 4.98 Å². The van der Waals surface area contributed by atoms with Crippen molar-refractivity contribution in [1.82, 2.24) is 10.3 Å². The van der Waals surface area contributed by atoms with Gasteiger partial charge in [0.05, 0.1) is 0 Å². The predicted molar refractivity (Wildman–Crippen MR) is 78.5 cm³/mol. The second-order valence-corrected chi connectivity index (χ2v) is 4.55. The van der Waals surface area contributed by atoms with Crippen LogP contribution in [0.25, 0.3) is 0 Å². The standard InChI is InChI=1S/C15H18N4O/c1-11-6-7-12(9-18-11)8-17-10-13-4-2-3-5-14(13)15(16)19-20/h2-7,9,17,20H,8,10H2,1H3,(H2,16,19). The first-order chi connectivity index (χ1) is 9.70. The highest BCUT2D eigenvalue weighted by molar-refractivity contribution is 5.98. The van der Waals surface area contributed by atoms with Crippen molar-refractivity contribution in [3.63, 3.8) is 0 Å². The molecule has 0 atom stereocenters. The van der Waals surface area contributed by atoms with Crippen molar-refractivity contribution in [1.29, 1.82) is 0 Å². The molecule has 0 aliphatic rings. The molecule has 5 heteroatoms. The van der Waals surface area contributed by atoms with Crippen molar-refractivity contribution in [2.45, 2.75) is 20.0 Å². The third kappa shape index (κ3) is 3.55. The second-order valence-electron chi connectivity index (χ2n) is 4.55. The summed E-state index contributed by atoms with van der Waals surface area (Å²) < 4.78 is 0. The zero-order chi connectivity index (χ0) is 14.4. The Morgan fingerprint density at radius 3 is 2.75 bits per heavy atom. The molecule has 1 aromatic heterocycles. The number of pyridine rings is 1. The lowest BCUT2D eigenvalue weighted by molar-refractivity contribution is 0.318. The summed E-state index contributed by atoms with van der Waals surface area (Å²) in [4.78, 5) is 4.25. The number of hydrogen-bond acceptors (Lipinski definition) is 4. The zero-order valence-corrected chi connectivity index (χ0v) is 11.4. The average molecular weight is 270 g/mol. The first-order valence-electron chi connectivity index (χ1n) is 6.39. The van der Waals surface area contributed by atoms with E-state index < -0.39 is 0 Å². The Kier molecular flexibility index (Phi) is 4.68. The van der Waals surface area contributed by atoms with E-state index in [-0.39, 0.29) is 5.84 Å². The van der Waals surface area contributed by atoms with Gasteiger partial charge in [-0.15, -0.1) is 0 Å². The normalized spacial score (nSPS) is 11.6. The molecule has 1 heterocycles. The van der Waals surface area contributed by atoms with Gasteiger partial charge in [-0.2, -0.15) is 0 Å². The topological polar surface area (TPSA) is 83.5 Å². The number of oxime groups is 1. The fourth-order valence-electron chi connectivity index (χ4n) is 1.92. The van der Waals surface area contributed by atoms with Crippen LogP contribution in [0.4, 0.5) is 0 Å². The molecule has 20 heavy (non-hydrogen) atoms. The van der Waals surface area contributed by atoms with Gasteiger partial charge >= 0.3 is 0 Å². The summed E-state index contributed by atoms with van der Waals surface area (Å²) >= 11 is 0. The third-order valence-corrected chi connectivity index (χ3v) is 3.02. The smallest absolute Gasteiger partial charge is 0.170 e. The van der Waals surface area contributed by atoms with Crippen LogP contribution in [0.2, 0.25) is 0 Å². The maximum absolute atomic E-state index is 8.78. The summed E-state index contributed by atoms with van der Waals surface area (Å²) in [5.41, 5.74) is 9.51. The summed E-state index contributed by atoms with van der Waals surface area (Å²) in [6.45, 7) is 3.32. The molecular weight excluding hydrogens is 252 g/mol. The minimum absolute atomic E-state index is 0.124. The van der Waals surface area contributed by atoms with E-state index in [1.165, 1.54) is 0 Å². The van der Waals surface area contributed by atoms with E-state index in [4.69, 9.17) is 10.9 Å². The number of nitrogens with two attached hydrogens (primary N) is 1. The van der Waals surface area contributed by atoms with Gasteiger partial charge in [0.25, 0.3) is 0 Å². The first kappa shape index (κ1) is 14.0. The molecule has 104 valence electrons. The molecule has 0 fully saturated rings. The summed E-state index contributed by atoms with van der Waals surface area (Å²) in [7, 11) is 0. The molecule has 0 radical (unpaired) electrons. The summed E-state index contributed by atoms with van der Waals surface area (Å²) in [5.74, 6) is 0.124. The van der Waals surface area contributed by atoms with Crippen LogP contribution < -0.4 is 11.1 Å². The van der Waals surface area contributed by atoms with Crippen molar-refractivity contribution < 1.29 is 5.21 Å². The fraction of sp³-hybridized carbons (Fsp3) is 0.200. The summed E-state index contributed by atoms with van der Waals surface area (Å²) in [5, 5.41) is 15.2. The van der Waals surface area contributed by atoms with Gasteiger partial charge in [0.1, 0.15) is 0 Å². The molecule has 0 saturated heterocycles. The van der Waals surface area contributed by atoms with Gasteiger partial charge in [0.2, 0.25) is 0 Å². The number of amidine groups is 1. The van der Waals surface area contributed by atoms with Crippen molar-refractivity contribution in [2.24, 2.45) is 10.9 Å². The van der Waals surface area contributed by atoms with Crippen LogP contribution in [0.15, 0.2) is 47.8 Å². The van der Waals surface area contributed by atoms with E-state index in [1.807, 2.05) is 49.5 Å². The number of aryl methyl sites for hydroxylation is 1. The Morgan fingerprint density at radius 2 is 2.05 bits per heavy atom. The maximum Gasteiger partial charge on any atom is 0.170 e. The Hall–Kier alpha value is -2.40. The van der Waals surface area contributed by atoms with Crippen molar-refractivity contribution in [3.8, 4) is 0 Å². The molecule has 0 aliphatic heterocycles. The van der Waals surface area contributed by atoms with Crippen LogP contribution in [-0.4, -0.2) is 16.0 Å².